The molecule has 0 spiro atoms. The largest absolute Gasteiger partial charge is 0.471 e. The van der Waals surface area contributed by atoms with E-state index in [1.165, 1.54) is 23.0 Å². The number of alkyl halides is 2. The van der Waals surface area contributed by atoms with Crippen molar-refractivity contribution in [2.45, 2.75) is 59.3 Å². The molecular formula is C23H26F2N6O3. The summed E-state index contributed by atoms with van der Waals surface area (Å²) >= 11 is 0. The molecule has 1 amide bonds. The summed E-state index contributed by atoms with van der Waals surface area (Å²) in [5, 5.41) is 8.15. The maximum atomic E-state index is 12.8. The molecule has 4 heterocycles. The van der Waals surface area contributed by atoms with Gasteiger partial charge < -0.3 is 14.4 Å². The Hall–Kier alpha value is -3.63. The van der Waals surface area contributed by atoms with Crippen LogP contribution < -0.4 is 4.74 Å². The molecule has 1 aliphatic rings. The van der Waals surface area contributed by atoms with Crippen LogP contribution in [0.2, 0.25) is 0 Å². The minimum absolute atomic E-state index is 0.130. The van der Waals surface area contributed by atoms with E-state index in [0.717, 1.165) is 11.1 Å². The second-order valence-electron chi connectivity index (χ2n) is 9.01. The van der Waals surface area contributed by atoms with Crippen molar-refractivity contribution in [3.63, 3.8) is 0 Å². The van der Waals surface area contributed by atoms with Gasteiger partial charge in [-0.05, 0) is 57.4 Å². The van der Waals surface area contributed by atoms with Crippen LogP contribution >= 0.6 is 0 Å². The SMILES string of the molecule is Cc1nnn(-c2ccc(C(F)F)nc2)c1COc1cc2c(cn1)CN(C(=O)OC(C)(C)C)CC2. The molecule has 3 aromatic rings. The number of amides is 1. The van der Waals surface area contributed by atoms with E-state index in [9.17, 15) is 13.6 Å². The molecule has 11 heteroatoms. The summed E-state index contributed by atoms with van der Waals surface area (Å²) in [6.45, 7) is 8.40. The maximum Gasteiger partial charge on any atom is 0.410 e. The average Bonchev–Trinajstić information content (AvgIpc) is 3.16. The van der Waals surface area contributed by atoms with E-state index < -0.39 is 12.0 Å². The third kappa shape index (κ3) is 5.29. The zero-order valence-corrected chi connectivity index (χ0v) is 19.5. The van der Waals surface area contributed by atoms with Crippen LogP contribution in [0.3, 0.4) is 0 Å². The minimum atomic E-state index is -2.64. The van der Waals surface area contributed by atoms with Crippen molar-refractivity contribution in [2.24, 2.45) is 0 Å². The van der Waals surface area contributed by atoms with Gasteiger partial charge in [-0.15, -0.1) is 5.10 Å². The van der Waals surface area contributed by atoms with Gasteiger partial charge >= 0.3 is 6.09 Å². The molecule has 0 saturated heterocycles. The van der Waals surface area contributed by atoms with Crippen molar-refractivity contribution in [1.29, 1.82) is 0 Å². The fourth-order valence-corrected chi connectivity index (χ4v) is 3.52. The van der Waals surface area contributed by atoms with E-state index in [1.807, 2.05) is 26.8 Å². The molecule has 0 fully saturated rings. The average molecular weight is 472 g/mol. The molecular weight excluding hydrogens is 446 g/mol. The standard InChI is InChI=1S/C23H26F2N6O3/c1-14-19(31(29-28-14)17-5-6-18(21(24)25)26-11-17)13-33-20-9-15-7-8-30(12-16(15)10-27-20)22(32)34-23(2,3)4/h5-6,9-11,21H,7-8,12-13H2,1-4H3. The number of carbonyl (C=O) groups is 1. The Morgan fingerprint density at radius 3 is 2.65 bits per heavy atom. The Morgan fingerprint density at radius 1 is 1.18 bits per heavy atom. The molecule has 0 saturated carbocycles. The van der Waals surface area contributed by atoms with Crippen molar-refractivity contribution < 1.29 is 23.0 Å². The van der Waals surface area contributed by atoms with E-state index in [0.29, 0.717) is 42.5 Å². The number of pyridine rings is 2. The van der Waals surface area contributed by atoms with Gasteiger partial charge in [0.25, 0.3) is 6.43 Å². The highest BCUT2D eigenvalue weighted by atomic mass is 19.3. The number of halogens is 2. The van der Waals surface area contributed by atoms with Crippen molar-refractivity contribution in [2.75, 3.05) is 6.54 Å². The fraction of sp³-hybridized carbons (Fsp3) is 0.435. The molecule has 0 radical (unpaired) electrons. The number of aromatic nitrogens is 5. The van der Waals surface area contributed by atoms with E-state index in [2.05, 4.69) is 20.3 Å². The van der Waals surface area contributed by atoms with Crippen molar-refractivity contribution >= 4 is 6.09 Å². The summed E-state index contributed by atoms with van der Waals surface area (Å²) in [6.07, 6.45) is 0.712. The molecule has 9 nitrogen and oxygen atoms in total. The van der Waals surface area contributed by atoms with Gasteiger partial charge in [-0.2, -0.15) is 0 Å². The van der Waals surface area contributed by atoms with Gasteiger partial charge in [0.2, 0.25) is 5.88 Å². The maximum absolute atomic E-state index is 12.8. The highest BCUT2D eigenvalue weighted by molar-refractivity contribution is 5.68. The Balaban J connectivity index is 1.44. The first-order valence-electron chi connectivity index (χ1n) is 10.8. The summed E-state index contributed by atoms with van der Waals surface area (Å²) in [4.78, 5) is 22.2. The fourth-order valence-electron chi connectivity index (χ4n) is 3.52. The number of nitrogens with zero attached hydrogens (tertiary/aromatic N) is 6. The minimum Gasteiger partial charge on any atom is -0.471 e. The topological polar surface area (TPSA) is 95.3 Å². The van der Waals surface area contributed by atoms with Crippen molar-refractivity contribution in [1.82, 2.24) is 29.9 Å². The van der Waals surface area contributed by atoms with Crippen LogP contribution in [0.1, 0.15) is 55.4 Å². The van der Waals surface area contributed by atoms with Gasteiger partial charge in [0.1, 0.15) is 23.6 Å². The van der Waals surface area contributed by atoms with Crippen molar-refractivity contribution in [3.05, 3.63) is 58.8 Å². The second-order valence-corrected chi connectivity index (χ2v) is 9.01. The molecule has 0 bridgehead atoms. The van der Waals surface area contributed by atoms with Crippen LogP contribution in [0.5, 0.6) is 5.88 Å². The second kappa shape index (κ2) is 9.32. The normalized spacial score (nSPS) is 13.7. The smallest absolute Gasteiger partial charge is 0.410 e. The van der Waals surface area contributed by atoms with Gasteiger partial charge in [-0.3, -0.25) is 4.98 Å². The van der Waals surface area contributed by atoms with Gasteiger partial charge in [-0.1, -0.05) is 5.21 Å². The third-order valence-corrected chi connectivity index (χ3v) is 5.27. The molecule has 34 heavy (non-hydrogen) atoms. The number of hydrogen-bond donors (Lipinski definition) is 0. The number of carbonyl (C=O) groups excluding carboxylic acids is 1. The number of ether oxygens (including phenoxy) is 2. The molecule has 1 aliphatic heterocycles. The van der Waals surface area contributed by atoms with Crippen LogP contribution in [0.4, 0.5) is 13.6 Å². The van der Waals surface area contributed by atoms with Crippen LogP contribution in [0.25, 0.3) is 5.69 Å². The van der Waals surface area contributed by atoms with Gasteiger partial charge in [0, 0.05) is 18.8 Å². The lowest BCUT2D eigenvalue weighted by atomic mass is 10.0. The van der Waals surface area contributed by atoms with Crippen LogP contribution in [0.15, 0.2) is 30.6 Å². The summed E-state index contributed by atoms with van der Waals surface area (Å²) in [5.41, 5.74) is 2.95. The molecule has 4 rings (SSSR count). The van der Waals surface area contributed by atoms with Crippen LogP contribution in [-0.4, -0.2) is 48.1 Å². The highest BCUT2D eigenvalue weighted by Crippen LogP contribution is 2.24. The highest BCUT2D eigenvalue weighted by Gasteiger charge is 2.26. The Morgan fingerprint density at radius 2 is 1.97 bits per heavy atom. The lowest BCUT2D eigenvalue weighted by molar-refractivity contribution is 0.0223. The summed E-state index contributed by atoms with van der Waals surface area (Å²) in [6, 6.07) is 4.64. The monoisotopic (exact) mass is 472 g/mol. The summed E-state index contributed by atoms with van der Waals surface area (Å²) in [5.74, 6) is 0.433. The molecule has 0 aliphatic carbocycles. The first-order valence-corrected chi connectivity index (χ1v) is 10.8. The first-order chi connectivity index (χ1) is 16.1. The molecule has 0 atom stereocenters. The van der Waals surface area contributed by atoms with E-state index in [1.54, 1.807) is 18.0 Å². The van der Waals surface area contributed by atoms with E-state index in [-0.39, 0.29) is 18.4 Å². The Bertz CT molecular complexity index is 1170. The number of aryl methyl sites for hydroxylation is 1. The van der Waals surface area contributed by atoms with Gasteiger partial charge in [0.15, 0.2) is 0 Å². The van der Waals surface area contributed by atoms with Crippen LogP contribution in [-0.2, 0) is 24.3 Å². The van der Waals surface area contributed by atoms with E-state index in [4.69, 9.17) is 9.47 Å². The van der Waals surface area contributed by atoms with Crippen LogP contribution in [0, 0.1) is 6.92 Å². The first kappa shape index (κ1) is 23.5. The number of hydrogen-bond acceptors (Lipinski definition) is 7. The Labute approximate surface area is 195 Å². The lowest BCUT2D eigenvalue weighted by Gasteiger charge is -2.31. The lowest BCUT2D eigenvalue weighted by Crippen LogP contribution is -2.39. The predicted molar refractivity (Wildman–Crippen MR) is 118 cm³/mol. The molecule has 0 unspecified atom stereocenters. The molecule has 180 valence electrons. The predicted octanol–water partition coefficient (Wildman–Crippen LogP) is 4.18. The molecule has 0 aromatic carbocycles. The van der Waals surface area contributed by atoms with Gasteiger partial charge in [-0.25, -0.2) is 23.2 Å². The number of fused-ring (bicyclic) bond motifs is 1. The zero-order valence-electron chi connectivity index (χ0n) is 19.5. The third-order valence-electron chi connectivity index (χ3n) is 5.27. The number of rotatable bonds is 5. The summed E-state index contributed by atoms with van der Waals surface area (Å²) < 4.78 is 38.5. The molecule has 3 aromatic heterocycles. The van der Waals surface area contributed by atoms with Gasteiger partial charge in [0.05, 0.1) is 24.1 Å². The quantitative estimate of drug-likeness (QED) is 0.550. The zero-order chi connectivity index (χ0) is 24.5. The van der Waals surface area contributed by atoms with E-state index >= 15 is 0 Å². The van der Waals surface area contributed by atoms with Crippen molar-refractivity contribution in [3.8, 4) is 11.6 Å². The Kier molecular flexibility index (Phi) is 6.45. The molecule has 0 N–H and O–H groups in total. The summed E-state index contributed by atoms with van der Waals surface area (Å²) in [7, 11) is 0.